The van der Waals surface area contributed by atoms with E-state index < -0.39 is 0 Å². The minimum Gasteiger partial charge on any atom is -0.508 e. The summed E-state index contributed by atoms with van der Waals surface area (Å²) in [5.74, 6) is 0.928. The van der Waals surface area contributed by atoms with Gasteiger partial charge in [-0.15, -0.1) is 0 Å². The van der Waals surface area contributed by atoms with Crippen molar-refractivity contribution in [1.29, 1.82) is 0 Å². The van der Waals surface area contributed by atoms with E-state index in [0.717, 1.165) is 46.6 Å². The van der Waals surface area contributed by atoms with Gasteiger partial charge in [0.1, 0.15) is 11.5 Å². The van der Waals surface area contributed by atoms with Crippen LogP contribution in [0.25, 0.3) is 11.8 Å². The maximum atomic E-state index is 13.7. The third-order valence-corrected chi connectivity index (χ3v) is 7.43. The van der Waals surface area contributed by atoms with Gasteiger partial charge in [0.15, 0.2) is 4.80 Å². The molecule has 2 aliphatic rings. The van der Waals surface area contributed by atoms with E-state index in [1.807, 2.05) is 41.0 Å². The van der Waals surface area contributed by atoms with Gasteiger partial charge in [-0.2, -0.15) is 0 Å². The van der Waals surface area contributed by atoms with Gasteiger partial charge < -0.3 is 9.84 Å². The number of rotatable bonds is 3. The van der Waals surface area contributed by atoms with Crippen LogP contribution in [0.15, 0.2) is 88.2 Å². The number of aromatic nitrogens is 1. The van der Waals surface area contributed by atoms with Crippen molar-refractivity contribution in [2.75, 3.05) is 7.11 Å². The van der Waals surface area contributed by atoms with E-state index in [0.29, 0.717) is 9.33 Å². The van der Waals surface area contributed by atoms with Crippen molar-refractivity contribution >= 4 is 23.1 Å². The van der Waals surface area contributed by atoms with Gasteiger partial charge in [-0.1, -0.05) is 59.9 Å². The molecular formula is C28H22N2O3S. The van der Waals surface area contributed by atoms with E-state index in [4.69, 9.17) is 9.73 Å². The quantitative estimate of drug-likeness (QED) is 0.496. The Morgan fingerprint density at radius 3 is 2.76 bits per heavy atom. The predicted octanol–water partition coefficient (Wildman–Crippen LogP) is 4.03. The molecule has 0 radical (unpaired) electrons. The lowest BCUT2D eigenvalue weighted by Gasteiger charge is -2.31. The van der Waals surface area contributed by atoms with Gasteiger partial charge in [0.25, 0.3) is 5.56 Å². The molecular weight excluding hydrogens is 444 g/mol. The first-order valence-electron chi connectivity index (χ1n) is 11.2. The lowest BCUT2D eigenvalue weighted by Crippen LogP contribution is -2.38. The molecule has 1 aliphatic heterocycles. The SMILES string of the molecule is COc1cccc(C2C3=C(N=c4sc(=Cc5cccc(O)c5)c(=O)n42)c2ccccc2CC3)c1. The summed E-state index contributed by atoms with van der Waals surface area (Å²) in [4.78, 5) is 19.4. The van der Waals surface area contributed by atoms with E-state index in [2.05, 4.69) is 24.3 Å². The number of phenols is 1. The van der Waals surface area contributed by atoms with E-state index in [1.165, 1.54) is 16.9 Å². The molecule has 3 aromatic carbocycles. The van der Waals surface area contributed by atoms with E-state index in [9.17, 15) is 9.90 Å². The number of nitrogens with zero attached hydrogens (tertiary/aromatic N) is 2. The van der Waals surface area contributed by atoms with E-state index in [-0.39, 0.29) is 17.4 Å². The normalized spacial score (nSPS) is 17.0. The van der Waals surface area contributed by atoms with Crippen LogP contribution in [0.4, 0.5) is 0 Å². The molecule has 0 spiro atoms. The number of aryl methyl sites for hydroxylation is 1. The molecule has 1 aromatic heterocycles. The molecule has 34 heavy (non-hydrogen) atoms. The molecule has 0 saturated heterocycles. The number of ether oxygens (including phenoxy) is 1. The third kappa shape index (κ3) is 3.38. The number of thiazole rings is 1. The zero-order chi connectivity index (χ0) is 23.2. The Morgan fingerprint density at radius 1 is 1.06 bits per heavy atom. The average Bonchev–Trinajstić information content (AvgIpc) is 3.17. The highest BCUT2D eigenvalue weighted by Gasteiger charge is 2.32. The molecule has 2 heterocycles. The summed E-state index contributed by atoms with van der Waals surface area (Å²) in [5.41, 5.74) is 6.26. The lowest BCUT2D eigenvalue weighted by atomic mass is 9.83. The standard InChI is InChI=1S/C28H22N2O3S/c1-33-21-10-5-8-19(16-21)26-23-13-12-18-7-2-3-11-22(18)25(23)29-28-30(26)27(32)24(34-28)15-17-6-4-9-20(31)14-17/h2-11,14-16,26,31H,12-13H2,1H3. The highest BCUT2D eigenvalue weighted by molar-refractivity contribution is 7.07. The topological polar surface area (TPSA) is 63.8 Å². The Kier molecular flexibility index (Phi) is 4.96. The van der Waals surface area contributed by atoms with Crippen LogP contribution in [0.1, 0.15) is 34.7 Å². The molecule has 4 aromatic rings. The second-order valence-corrected chi connectivity index (χ2v) is 9.49. The van der Waals surface area contributed by atoms with Crippen LogP contribution in [0, 0.1) is 0 Å². The highest BCUT2D eigenvalue weighted by atomic mass is 32.1. The zero-order valence-corrected chi connectivity index (χ0v) is 19.4. The zero-order valence-electron chi connectivity index (χ0n) is 18.6. The van der Waals surface area contributed by atoms with Gasteiger partial charge in [0.05, 0.1) is 23.4 Å². The fraction of sp³-hybridized carbons (Fsp3) is 0.143. The van der Waals surface area contributed by atoms with Crippen molar-refractivity contribution < 1.29 is 9.84 Å². The van der Waals surface area contributed by atoms with Crippen LogP contribution in [0.3, 0.4) is 0 Å². The maximum absolute atomic E-state index is 13.7. The number of methoxy groups -OCH3 is 1. The molecule has 1 atom stereocenters. The summed E-state index contributed by atoms with van der Waals surface area (Å²) in [6.45, 7) is 0. The van der Waals surface area contributed by atoms with Gasteiger partial charge in [-0.05, 0) is 65.4 Å². The Labute approximate surface area is 200 Å². The number of hydrogen-bond donors (Lipinski definition) is 1. The Bertz CT molecular complexity index is 1640. The number of phenolic OH excluding ortho intramolecular Hbond substituents is 1. The van der Waals surface area contributed by atoms with Gasteiger partial charge in [0.2, 0.25) is 0 Å². The lowest BCUT2D eigenvalue weighted by molar-refractivity contribution is 0.413. The minimum atomic E-state index is -0.249. The summed E-state index contributed by atoms with van der Waals surface area (Å²) >= 11 is 1.38. The number of allylic oxidation sites excluding steroid dienone is 1. The predicted molar refractivity (Wildman–Crippen MR) is 134 cm³/mol. The second kappa shape index (κ2) is 8.15. The molecule has 0 saturated carbocycles. The fourth-order valence-electron chi connectivity index (χ4n) is 4.90. The first-order chi connectivity index (χ1) is 16.6. The Balaban J connectivity index is 1.63. The van der Waals surface area contributed by atoms with Crippen molar-refractivity contribution in [3.63, 3.8) is 0 Å². The molecule has 0 bridgehead atoms. The monoisotopic (exact) mass is 466 g/mol. The molecule has 1 aliphatic carbocycles. The molecule has 6 rings (SSSR count). The number of hydrogen-bond acceptors (Lipinski definition) is 5. The van der Waals surface area contributed by atoms with Gasteiger partial charge in [0, 0.05) is 5.56 Å². The van der Waals surface area contributed by atoms with Crippen LogP contribution in [0.2, 0.25) is 0 Å². The molecule has 0 fully saturated rings. The Hall–Kier alpha value is -3.90. The van der Waals surface area contributed by atoms with Crippen LogP contribution in [-0.2, 0) is 6.42 Å². The van der Waals surface area contributed by atoms with Crippen LogP contribution in [-0.4, -0.2) is 16.8 Å². The van der Waals surface area contributed by atoms with Gasteiger partial charge in [-0.3, -0.25) is 9.36 Å². The summed E-state index contributed by atoms with van der Waals surface area (Å²) in [7, 11) is 1.65. The highest BCUT2D eigenvalue weighted by Crippen LogP contribution is 2.41. The first-order valence-corrected chi connectivity index (χ1v) is 12.0. The number of benzene rings is 3. The summed E-state index contributed by atoms with van der Waals surface area (Å²) in [6, 6.07) is 23.0. The molecule has 5 nitrogen and oxygen atoms in total. The van der Waals surface area contributed by atoms with Crippen LogP contribution < -0.4 is 19.6 Å². The minimum absolute atomic E-state index is 0.0784. The van der Waals surface area contributed by atoms with Crippen molar-refractivity contribution in [3.05, 3.63) is 120 Å². The Morgan fingerprint density at radius 2 is 1.91 bits per heavy atom. The first kappa shape index (κ1) is 20.7. The molecule has 168 valence electrons. The second-order valence-electron chi connectivity index (χ2n) is 8.49. The van der Waals surface area contributed by atoms with Gasteiger partial charge >= 0.3 is 0 Å². The van der Waals surface area contributed by atoms with E-state index in [1.54, 1.807) is 25.3 Å². The fourth-order valence-corrected chi connectivity index (χ4v) is 5.90. The smallest absolute Gasteiger partial charge is 0.271 e. The summed E-state index contributed by atoms with van der Waals surface area (Å²) < 4.78 is 7.91. The van der Waals surface area contributed by atoms with Crippen LogP contribution >= 0.6 is 11.3 Å². The molecule has 1 N–H and O–H groups in total. The van der Waals surface area contributed by atoms with Crippen molar-refractivity contribution in [2.24, 2.45) is 4.99 Å². The van der Waals surface area contributed by atoms with Crippen molar-refractivity contribution in [2.45, 2.75) is 18.9 Å². The van der Waals surface area contributed by atoms with Crippen LogP contribution in [0.5, 0.6) is 11.5 Å². The summed E-state index contributed by atoms with van der Waals surface area (Å²) in [5, 5.41) is 9.86. The molecule has 1 unspecified atom stereocenters. The third-order valence-electron chi connectivity index (χ3n) is 6.45. The average molecular weight is 467 g/mol. The molecule has 0 amide bonds. The molecule has 6 heteroatoms. The summed E-state index contributed by atoms with van der Waals surface area (Å²) in [6.07, 6.45) is 3.58. The van der Waals surface area contributed by atoms with E-state index >= 15 is 0 Å². The van der Waals surface area contributed by atoms with Crippen molar-refractivity contribution in [1.82, 2.24) is 4.57 Å². The number of aromatic hydroxyl groups is 1. The van der Waals surface area contributed by atoms with Crippen molar-refractivity contribution in [3.8, 4) is 11.5 Å². The van der Waals surface area contributed by atoms with Gasteiger partial charge in [-0.25, -0.2) is 4.99 Å². The number of fused-ring (bicyclic) bond motifs is 3. The largest absolute Gasteiger partial charge is 0.508 e. The maximum Gasteiger partial charge on any atom is 0.271 e.